The molecule has 0 unspecified atom stereocenters. The molecule has 152 valence electrons. The van der Waals surface area contributed by atoms with E-state index < -0.39 is 0 Å². The fourth-order valence-electron chi connectivity index (χ4n) is 2.95. The minimum Gasteiger partial charge on any atom is -0.489 e. The summed E-state index contributed by atoms with van der Waals surface area (Å²) in [6.45, 7) is 2.68. The van der Waals surface area contributed by atoms with E-state index in [1.165, 1.54) is 17.4 Å². The van der Waals surface area contributed by atoms with Crippen LogP contribution in [0.2, 0.25) is 0 Å². The first-order valence-corrected chi connectivity index (χ1v) is 10.3. The summed E-state index contributed by atoms with van der Waals surface area (Å²) in [7, 11) is 0. The zero-order valence-corrected chi connectivity index (χ0v) is 17.2. The van der Waals surface area contributed by atoms with Crippen molar-refractivity contribution in [3.63, 3.8) is 0 Å². The third-order valence-corrected chi connectivity index (χ3v) is 5.52. The van der Waals surface area contributed by atoms with Crippen LogP contribution in [0.5, 0.6) is 5.75 Å². The Bertz CT molecular complexity index is 1170. The monoisotopic (exact) mass is 421 g/mol. The first-order chi connectivity index (χ1) is 14.6. The van der Waals surface area contributed by atoms with Gasteiger partial charge in [-0.3, -0.25) is 9.48 Å². The van der Waals surface area contributed by atoms with Gasteiger partial charge in [0.2, 0.25) is 0 Å². The summed E-state index contributed by atoms with van der Waals surface area (Å²) >= 11 is 1.35. The summed E-state index contributed by atoms with van der Waals surface area (Å²) in [6, 6.07) is 17.9. The minimum atomic E-state index is -0.280. The number of para-hydroxylation sites is 1. The molecule has 0 aliphatic heterocycles. The van der Waals surface area contributed by atoms with Gasteiger partial charge in [0, 0.05) is 23.4 Å². The number of halogens is 1. The van der Waals surface area contributed by atoms with Gasteiger partial charge < -0.3 is 10.1 Å². The van der Waals surface area contributed by atoms with Crippen molar-refractivity contribution in [1.29, 1.82) is 0 Å². The first kappa shape index (κ1) is 19.8. The highest BCUT2D eigenvalue weighted by Crippen LogP contribution is 2.21. The van der Waals surface area contributed by atoms with Crippen molar-refractivity contribution in [3.05, 3.63) is 99.6 Å². The molecule has 0 saturated heterocycles. The highest BCUT2D eigenvalue weighted by molar-refractivity contribution is 7.12. The van der Waals surface area contributed by atoms with E-state index in [9.17, 15) is 9.18 Å². The van der Waals surface area contributed by atoms with Crippen LogP contribution in [0.4, 0.5) is 10.2 Å². The number of ether oxygens (including phenoxy) is 1. The maximum Gasteiger partial charge on any atom is 0.266 e. The lowest BCUT2D eigenvalue weighted by Crippen LogP contribution is -2.11. The van der Waals surface area contributed by atoms with Crippen LogP contribution >= 0.6 is 11.3 Å². The molecule has 2 aromatic heterocycles. The minimum absolute atomic E-state index is 0.238. The Hall–Kier alpha value is -3.45. The zero-order chi connectivity index (χ0) is 20.9. The molecule has 0 radical (unpaired) electrons. The van der Waals surface area contributed by atoms with Crippen LogP contribution in [0.25, 0.3) is 0 Å². The molecular formula is C23H20FN3O2S. The predicted octanol–water partition coefficient (Wildman–Crippen LogP) is 5.27. The molecule has 30 heavy (non-hydrogen) atoms. The van der Waals surface area contributed by atoms with Gasteiger partial charge in [-0.2, -0.15) is 5.10 Å². The van der Waals surface area contributed by atoms with Gasteiger partial charge in [-0.05, 0) is 36.1 Å². The lowest BCUT2D eigenvalue weighted by Gasteiger charge is -2.07. The fourth-order valence-corrected chi connectivity index (χ4v) is 3.74. The van der Waals surface area contributed by atoms with E-state index in [1.54, 1.807) is 35.1 Å². The number of aromatic nitrogens is 2. The molecule has 2 heterocycles. The molecule has 0 aliphatic carbocycles. The number of benzene rings is 2. The largest absolute Gasteiger partial charge is 0.489 e. The van der Waals surface area contributed by atoms with E-state index in [-0.39, 0.29) is 11.7 Å². The highest BCUT2D eigenvalue weighted by Gasteiger charge is 2.12. The second kappa shape index (κ2) is 8.92. The quantitative estimate of drug-likeness (QED) is 0.442. The van der Waals surface area contributed by atoms with Gasteiger partial charge in [-0.1, -0.05) is 36.4 Å². The number of hydrogen-bond donors (Lipinski definition) is 1. The molecule has 0 spiro atoms. The van der Waals surface area contributed by atoms with Gasteiger partial charge in [0.25, 0.3) is 5.91 Å². The maximum atomic E-state index is 13.8. The van der Waals surface area contributed by atoms with Crippen molar-refractivity contribution in [3.8, 4) is 5.75 Å². The van der Waals surface area contributed by atoms with Gasteiger partial charge in [-0.25, -0.2) is 4.39 Å². The van der Waals surface area contributed by atoms with E-state index in [4.69, 9.17) is 4.74 Å². The third-order valence-electron chi connectivity index (χ3n) is 4.54. The van der Waals surface area contributed by atoms with E-state index in [0.29, 0.717) is 29.4 Å². The Morgan fingerprint density at radius 1 is 1.17 bits per heavy atom. The zero-order valence-electron chi connectivity index (χ0n) is 16.3. The third kappa shape index (κ3) is 4.75. The van der Waals surface area contributed by atoms with E-state index >= 15 is 0 Å². The van der Waals surface area contributed by atoms with Gasteiger partial charge >= 0.3 is 0 Å². The Kier molecular flexibility index (Phi) is 5.90. The second-order valence-electron chi connectivity index (χ2n) is 6.82. The highest BCUT2D eigenvalue weighted by atomic mass is 32.1. The Labute approximate surface area is 177 Å². The SMILES string of the molecule is Cc1ccccc1OCc1csc(C(=O)Nc2ccn(Cc3ccccc3F)n2)c1. The van der Waals surface area contributed by atoms with Crippen molar-refractivity contribution in [2.45, 2.75) is 20.1 Å². The van der Waals surface area contributed by atoms with E-state index in [2.05, 4.69) is 10.4 Å². The van der Waals surface area contributed by atoms with Gasteiger partial charge in [0.1, 0.15) is 18.2 Å². The number of nitrogens with zero attached hydrogens (tertiary/aromatic N) is 2. The van der Waals surface area contributed by atoms with E-state index in [1.807, 2.05) is 42.6 Å². The molecule has 4 rings (SSSR count). The molecule has 5 nitrogen and oxygen atoms in total. The summed E-state index contributed by atoms with van der Waals surface area (Å²) in [4.78, 5) is 13.1. The van der Waals surface area contributed by atoms with Crippen molar-refractivity contribution in [2.24, 2.45) is 0 Å². The number of thiophene rings is 1. The molecule has 0 aliphatic rings. The van der Waals surface area contributed by atoms with Crippen LogP contribution in [-0.2, 0) is 13.2 Å². The van der Waals surface area contributed by atoms with Crippen LogP contribution in [0.15, 0.2) is 72.2 Å². The number of hydrogen-bond acceptors (Lipinski definition) is 4. The molecule has 7 heteroatoms. The van der Waals surface area contributed by atoms with Crippen molar-refractivity contribution in [2.75, 3.05) is 5.32 Å². The van der Waals surface area contributed by atoms with Crippen LogP contribution in [0.3, 0.4) is 0 Å². The topological polar surface area (TPSA) is 56.1 Å². The molecule has 0 saturated carbocycles. The molecule has 0 fully saturated rings. The Morgan fingerprint density at radius 3 is 2.80 bits per heavy atom. The van der Waals surface area contributed by atoms with Crippen LogP contribution in [0, 0.1) is 12.7 Å². The summed E-state index contributed by atoms with van der Waals surface area (Å²) in [5.74, 6) is 0.730. The lowest BCUT2D eigenvalue weighted by molar-refractivity contribution is 0.103. The Morgan fingerprint density at radius 2 is 1.97 bits per heavy atom. The summed E-state index contributed by atoms with van der Waals surface area (Å²) in [6.07, 6.45) is 1.71. The summed E-state index contributed by atoms with van der Waals surface area (Å²) < 4.78 is 21.2. The number of nitrogens with one attached hydrogen (secondary N) is 1. The number of aryl methyl sites for hydroxylation is 1. The normalized spacial score (nSPS) is 10.7. The van der Waals surface area contributed by atoms with Crippen LogP contribution in [-0.4, -0.2) is 15.7 Å². The second-order valence-corrected chi connectivity index (χ2v) is 7.73. The molecule has 1 N–H and O–H groups in total. The number of anilines is 1. The maximum absolute atomic E-state index is 13.8. The number of carbonyl (C=O) groups excluding carboxylic acids is 1. The van der Waals surface area contributed by atoms with Crippen molar-refractivity contribution < 1.29 is 13.9 Å². The molecule has 0 atom stereocenters. The van der Waals surface area contributed by atoms with Crippen LogP contribution in [0.1, 0.15) is 26.4 Å². The fraction of sp³-hybridized carbons (Fsp3) is 0.130. The van der Waals surface area contributed by atoms with Crippen LogP contribution < -0.4 is 10.1 Å². The molecular weight excluding hydrogens is 401 g/mol. The average molecular weight is 421 g/mol. The lowest BCUT2D eigenvalue weighted by atomic mass is 10.2. The first-order valence-electron chi connectivity index (χ1n) is 9.42. The predicted molar refractivity (Wildman–Crippen MR) is 116 cm³/mol. The smallest absolute Gasteiger partial charge is 0.266 e. The summed E-state index contributed by atoms with van der Waals surface area (Å²) in [5, 5.41) is 8.99. The van der Waals surface area contributed by atoms with Gasteiger partial charge in [0.05, 0.1) is 11.4 Å². The number of rotatable bonds is 7. The average Bonchev–Trinajstić information content (AvgIpc) is 3.39. The molecule has 2 aromatic carbocycles. The number of amides is 1. The number of carbonyl (C=O) groups is 1. The molecule has 1 amide bonds. The van der Waals surface area contributed by atoms with Crippen molar-refractivity contribution >= 4 is 23.1 Å². The summed E-state index contributed by atoms with van der Waals surface area (Å²) in [5.41, 5.74) is 2.53. The van der Waals surface area contributed by atoms with Gasteiger partial charge in [0.15, 0.2) is 5.82 Å². The molecule has 0 bridgehead atoms. The van der Waals surface area contributed by atoms with E-state index in [0.717, 1.165) is 16.9 Å². The Balaban J connectivity index is 1.35. The van der Waals surface area contributed by atoms with Crippen molar-refractivity contribution in [1.82, 2.24) is 9.78 Å². The van der Waals surface area contributed by atoms with Gasteiger partial charge in [-0.15, -0.1) is 11.3 Å². The standard InChI is InChI=1S/C23H20FN3O2S/c1-16-6-2-5-9-20(16)29-14-17-12-21(30-15-17)23(28)25-22-10-11-27(26-22)13-18-7-3-4-8-19(18)24/h2-12,15H,13-14H2,1H3,(H,25,26,28). The molecule has 4 aromatic rings.